The molecular formula is C16H18ClNO3S. The van der Waals surface area contributed by atoms with Crippen LogP contribution >= 0.6 is 11.6 Å². The predicted molar refractivity (Wildman–Crippen MR) is 87.9 cm³/mol. The lowest BCUT2D eigenvalue weighted by Gasteiger charge is -2.17. The second kappa shape index (κ2) is 6.69. The van der Waals surface area contributed by atoms with Crippen LogP contribution in [0.4, 0.5) is 0 Å². The van der Waals surface area contributed by atoms with Crippen LogP contribution in [0.1, 0.15) is 24.1 Å². The van der Waals surface area contributed by atoms with Crippen LogP contribution in [0.2, 0.25) is 5.02 Å². The van der Waals surface area contributed by atoms with E-state index in [9.17, 15) is 8.42 Å². The lowest BCUT2D eigenvalue weighted by atomic mass is 10.1. The quantitative estimate of drug-likeness (QED) is 0.903. The third-order valence-electron chi connectivity index (χ3n) is 3.37. The van der Waals surface area contributed by atoms with Crippen molar-refractivity contribution in [2.45, 2.75) is 24.8 Å². The molecule has 22 heavy (non-hydrogen) atoms. The lowest BCUT2D eigenvalue weighted by Crippen LogP contribution is -2.27. The first-order chi connectivity index (χ1) is 10.3. The molecule has 0 aliphatic heterocycles. The van der Waals surface area contributed by atoms with Gasteiger partial charge in [0.05, 0.1) is 7.11 Å². The molecule has 0 fully saturated rings. The number of halogens is 1. The molecule has 0 bridgehead atoms. The highest BCUT2D eigenvalue weighted by Crippen LogP contribution is 2.31. The summed E-state index contributed by atoms with van der Waals surface area (Å²) < 4.78 is 33.0. The second-order valence-corrected chi connectivity index (χ2v) is 7.10. The van der Waals surface area contributed by atoms with E-state index in [4.69, 9.17) is 16.3 Å². The smallest absolute Gasteiger partial charge is 0.244 e. The van der Waals surface area contributed by atoms with Crippen LogP contribution in [0, 0.1) is 6.92 Å². The van der Waals surface area contributed by atoms with E-state index in [2.05, 4.69) is 4.72 Å². The fourth-order valence-electron chi connectivity index (χ4n) is 2.11. The minimum absolute atomic E-state index is 0.0355. The highest BCUT2D eigenvalue weighted by Gasteiger charge is 2.23. The highest BCUT2D eigenvalue weighted by atomic mass is 35.5. The van der Waals surface area contributed by atoms with E-state index in [0.29, 0.717) is 5.02 Å². The Morgan fingerprint density at radius 2 is 1.82 bits per heavy atom. The van der Waals surface area contributed by atoms with Gasteiger partial charge < -0.3 is 4.74 Å². The van der Waals surface area contributed by atoms with Crippen molar-refractivity contribution in [3.8, 4) is 5.75 Å². The average Bonchev–Trinajstić information content (AvgIpc) is 2.49. The van der Waals surface area contributed by atoms with Gasteiger partial charge in [-0.15, -0.1) is 0 Å². The number of aryl methyl sites for hydroxylation is 1. The van der Waals surface area contributed by atoms with Gasteiger partial charge in [0.25, 0.3) is 0 Å². The van der Waals surface area contributed by atoms with Gasteiger partial charge in [-0.2, -0.15) is 0 Å². The van der Waals surface area contributed by atoms with Gasteiger partial charge in [0, 0.05) is 11.1 Å². The van der Waals surface area contributed by atoms with Gasteiger partial charge in [-0.25, -0.2) is 13.1 Å². The van der Waals surface area contributed by atoms with Gasteiger partial charge in [0.1, 0.15) is 10.6 Å². The van der Waals surface area contributed by atoms with Crippen molar-refractivity contribution in [2.24, 2.45) is 0 Å². The summed E-state index contributed by atoms with van der Waals surface area (Å²) in [4.78, 5) is 0.0355. The monoisotopic (exact) mass is 339 g/mol. The summed E-state index contributed by atoms with van der Waals surface area (Å²) in [6.45, 7) is 3.58. The van der Waals surface area contributed by atoms with E-state index in [0.717, 1.165) is 11.1 Å². The molecule has 1 atom stereocenters. The molecule has 0 heterocycles. The predicted octanol–water partition coefficient (Wildman–Crippen LogP) is 3.70. The minimum atomic E-state index is -3.75. The van der Waals surface area contributed by atoms with Crippen molar-refractivity contribution in [3.63, 3.8) is 0 Å². The summed E-state index contributed by atoms with van der Waals surface area (Å²) in [5.74, 6) is 0.273. The molecule has 0 aliphatic carbocycles. The fraction of sp³-hybridized carbons (Fsp3) is 0.250. The van der Waals surface area contributed by atoms with Crippen LogP contribution in [0.15, 0.2) is 47.4 Å². The van der Waals surface area contributed by atoms with Crippen LogP contribution < -0.4 is 9.46 Å². The molecule has 0 amide bonds. The Balaban J connectivity index is 2.37. The molecule has 118 valence electrons. The van der Waals surface area contributed by atoms with Crippen molar-refractivity contribution < 1.29 is 13.2 Å². The summed E-state index contributed by atoms with van der Waals surface area (Å²) in [6, 6.07) is 12.0. The summed E-state index contributed by atoms with van der Waals surface area (Å²) in [6.07, 6.45) is 0. The topological polar surface area (TPSA) is 55.4 Å². The van der Waals surface area contributed by atoms with Gasteiger partial charge in [0.15, 0.2) is 0 Å². The molecule has 0 aliphatic rings. The molecule has 0 saturated carbocycles. The molecule has 1 N–H and O–H groups in total. The summed E-state index contributed by atoms with van der Waals surface area (Å²) >= 11 is 6.05. The molecule has 2 aromatic carbocycles. The number of nitrogens with one attached hydrogen (secondary N) is 1. The normalized spacial score (nSPS) is 12.9. The first-order valence-electron chi connectivity index (χ1n) is 6.76. The van der Waals surface area contributed by atoms with Gasteiger partial charge in [-0.3, -0.25) is 0 Å². The maximum atomic E-state index is 12.6. The van der Waals surface area contributed by atoms with Gasteiger partial charge in [-0.1, -0.05) is 41.9 Å². The lowest BCUT2D eigenvalue weighted by molar-refractivity contribution is 0.401. The fourth-order valence-corrected chi connectivity index (χ4v) is 3.75. The highest BCUT2D eigenvalue weighted by molar-refractivity contribution is 7.89. The van der Waals surface area contributed by atoms with Crippen molar-refractivity contribution >= 4 is 21.6 Å². The van der Waals surface area contributed by atoms with Crippen LogP contribution in [-0.4, -0.2) is 15.5 Å². The molecule has 2 rings (SSSR count). The Labute approximate surface area is 136 Å². The Morgan fingerprint density at radius 1 is 1.18 bits per heavy atom. The molecule has 6 heteroatoms. The minimum Gasteiger partial charge on any atom is -0.495 e. The zero-order valence-electron chi connectivity index (χ0n) is 12.6. The maximum absolute atomic E-state index is 12.6. The van der Waals surface area contributed by atoms with E-state index >= 15 is 0 Å². The van der Waals surface area contributed by atoms with Gasteiger partial charge >= 0.3 is 0 Å². The number of hydrogen-bond donors (Lipinski definition) is 1. The molecule has 0 saturated heterocycles. The number of hydrogen-bond acceptors (Lipinski definition) is 3. The Kier molecular flexibility index (Phi) is 5.11. The Morgan fingerprint density at radius 3 is 2.41 bits per heavy atom. The summed E-state index contributed by atoms with van der Waals surface area (Å²) in [5.41, 5.74) is 1.64. The summed E-state index contributed by atoms with van der Waals surface area (Å²) in [7, 11) is -2.32. The molecule has 0 spiro atoms. The number of benzene rings is 2. The Bertz CT molecular complexity index is 760. The number of ether oxygens (including phenoxy) is 1. The third-order valence-corrected chi connectivity index (χ3v) is 5.34. The van der Waals surface area contributed by atoms with E-state index in [1.807, 2.05) is 30.3 Å². The molecule has 0 aromatic heterocycles. The largest absolute Gasteiger partial charge is 0.495 e. The van der Waals surface area contributed by atoms with E-state index in [1.165, 1.54) is 13.2 Å². The van der Waals surface area contributed by atoms with Crippen LogP contribution in [0.5, 0.6) is 5.75 Å². The number of methoxy groups -OCH3 is 1. The summed E-state index contributed by atoms with van der Waals surface area (Å²) in [5, 5.41) is 0.383. The SMILES string of the molecule is COc1cc(C)c(Cl)cc1S(=O)(=O)NC(C)c1ccccc1. The van der Waals surface area contributed by atoms with Crippen LogP contribution in [-0.2, 0) is 10.0 Å². The number of rotatable bonds is 5. The van der Waals surface area contributed by atoms with Crippen LogP contribution in [0.3, 0.4) is 0 Å². The molecule has 1 unspecified atom stereocenters. The van der Waals surface area contributed by atoms with E-state index < -0.39 is 10.0 Å². The van der Waals surface area contributed by atoms with E-state index in [-0.39, 0.29) is 16.7 Å². The first-order valence-corrected chi connectivity index (χ1v) is 8.62. The third kappa shape index (κ3) is 3.61. The van der Waals surface area contributed by atoms with Crippen molar-refractivity contribution in [1.29, 1.82) is 0 Å². The Hall–Kier alpha value is -1.56. The van der Waals surface area contributed by atoms with Gasteiger partial charge in [-0.05, 0) is 37.1 Å². The molecule has 2 aromatic rings. The standard InChI is InChI=1S/C16H18ClNO3S/c1-11-9-15(21-3)16(10-14(11)17)22(19,20)18-12(2)13-7-5-4-6-8-13/h4-10,12,18H,1-3H3. The zero-order valence-corrected chi connectivity index (χ0v) is 14.2. The second-order valence-electron chi connectivity index (χ2n) is 5.01. The molecule has 4 nitrogen and oxygen atoms in total. The molecule has 0 radical (unpaired) electrons. The average molecular weight is 340 g/mol. The van der Waals surface area contributed by atoms with Crippen molar-refractivity contribution in [2.75, 3.05) is 7.11 Å². The van der Waals surface area contributed by atoms with Crippen LogP contribution in [0.25, 0.3) is 0 Å². The first kappa shape index (κ1) is 16.8. The number of sulfonamides is 1. The van der Waals surface area contributed by atoms with Crippen molar-refractivity contribution in [1.82, 2.24) is 4.72 Å². The molecular weight excluding hydrogens is 322 g/mol. The van der Waals surface area contributed by atoms with E-state index in [1.54, 1.807) is 19.9 Å². The zero-order chi connectivity index (χ0) is 16.3. The van der Waals surface area contributed by atoms with Gasteiger partial charge in [0.2, 0.25) is 10.0 Å². The maximum Gasteiger partial charge on any atom is 0.244 e. The van der Waals surface area contributed by atoms with Crippen molar-refractivity contribution in [3.05, 3.63) is 58.6 Å².